The molecule has 5 nitrogen and oxygen atoms in total. The normalized spacial score (nSPS) is 21.5. The van der Waals surface area contributed by atoms with E-state index in [4.69, 9.17) is 9.73 Å². The van der Waals surface area contributed by atoms with E-state index < -0.39 is 0 Å². The molecule has 1 N–H and O–H groups in total. The van der Waals surface area contributed by atoms with Gasteiger partial charge >= 0.3 is 0 Å². The highest BCUT2D eigenvalue weighted by Gasteiger charge is 2.19. The number of guanidine groups is 1. The number of ether oxygens (including phenoxy) is 1. The summed E-state index contributed by atoms with van der Waals surface area (Å²) in [5.74, 6) is 2.47. The maximum Gasteiger partial charge on any atom is 0.193 e. The molecule has 1 atom stereocenters. The van der Waals surface area contributed by atoms with Crippen LogP contribution in [-0.4, -0.2) is 57.3 Å². The summed E-state index contributed by atoms with van der Waals surface area (Å²) in [7, 11) is 2.13. The lowest BCUT2D eigenvalue weighted by molar-refractivity contribution is 0.181. The van der Waals surface area contributed by atoms with E-state index in [0.29, 0.717) is 12.5 Å². The molecule has 150 valence electrons. The smallest absolute Gasteiger partial charge is 0.193 e. The van der Waals surface area contributed by atoms with Crippen molar-refractivity contribution in [2.24, 2.45) is 16.8 Å². The number of piperidine rings is 1. The monoisotopic (exact) mass is 372 g/mol. The Balaban J connectivity index is 1.56. The van der Waals surface area contributed by atoms with E-state index in [1.54, 1.807) is 0 Å². The quantitative estimate of drug-likeness (QED) is 0.614. The first-order valence-corrected chi connectivity index (χ1v) is 10.6. The summed E-state index contributed by atoms with van der Waals surface area (Å²) in [5, 5.41) is 3.42. The highest BCUT2D eigenvalue weighted by atomic mass is 16.5. The van der Waals surface area contributed by atoms with E-state index in [1.165, 1.54) is 37.2 Å². The summed E-state index contributed by atoms with van der Waals surface area (Å²) in [6.45, 7) is 11.2. The van der Waals surface area contributed by atoms with Crippen LogP contribution >= 0.6 is 0 Å². The molecule has 0 aromatic heterocycles. The molecule has 2 aliphatic heterocycles. The average Bonchev–Trinajstić information content (AvgIpc) is 3.19. The molecular formula is C22H36N4O. The molecule has 0 amide bonds. The third-order valence-corrected chi connectivity index (χ3v) is 5.75. The molecule has 0 spiro atoms. The van der Waals surface area contributed by atoms with Crippen molar-refractivity contribution in [3.63, 3.8) is 0 Å². The zero-order valence-electron chi connectivity index (χ0n) is 17.3. The highest BCUT2D eigenvalue weighted by molar-refractivity contribution is 5.79. The second-order valence-corrected chi connectivity index (χ2v) is 8.12. The van der Waals surface area contributed by atoms with Crippen molar-refractivity contribution in [2.75, 3.05) is 51.3 Å². The lowest BCUT2D eigenvalue weighted by atomic mass is 9.99. The zero-order chi connectivity index (χ0) is 19.1. The third-order valence-electron chi connectivity index (χ3n) is 5.75. The average molecular weight is 373 g/mol. The molecule has 0 radical (unpaired) electrons. The fourth-order valence-corrected chi connectivity index (χ4v) is 3.92. The number of benzene rings is 1. The van der Waals surface area contributed by atoms with Crippen LogP contribution in [0.4, 0.5) is 5.69 Å². The summed E-state index contributed by atoms with van der Waals surface area (Å²) in [6.07, 6.45) is 3.76. The molecule has 1 aromatic carbocycles. The molecule has 2 heterocycles. The number of rotatable bonds is 6. The molecule has 0 saturated carbocycles. The number of hydrogen-bond donors (Lipinski definition) is 1. The van der Waals surface area contributed by atoms with Crippen molar-refractivity contribution in [3.05, 3.63) is 29.8 Å². The third kappa shape index (κ3) is 5.86. The lowest BCUT2D eigenvalue weighted by Gasteiger charge is -2.32. The van der Waals surface area contributed by atoms with Gasteiger partial charge in [0.25, 0.3) is 0 Å². The molecule has 5 heteroatoms. The standard InChI is InChI=1S/C22H36N4O/c1-4-23-22(25(3)16-20-11-14-27-17-20)24-15-19-5-7-21(8-6-19)26-12-9-18(2)10-13-26/h5-8,18,20H,4,9-17H2,1-3H3,(H,23,24). The van der Waals surface area contributed by atoms with Crippen LogP contribution < -0.4 is 10.2 Å². The van der Waals surface area contributed by atoms with Crippen LogP contribution in [-0.2, 0) is 11.3 Å². The van der Waals surface area contributed by atoms with Crippen molar-refractivity contribution < 1.29 is 4.74 Å². The number of hydrogen-bond acceptors (Lipinski definition) is 3. The Bertz CT molecular complexity index is 587. The fourth-order valence-electron chi connectivity index (χ4n) is 3.92. The fraction of sp³-hybridized carbons (Fsp3) is 0.682. The summed E-state index contributed by atoms with van der Waals surface area (Å²) in [5.41, 5.74) is 2.61. The van der Waals surface area contributed by atoms with Crippen molar-refractivity contribution in [2.45, 2.75) is 39.7 Å². The maximum absolute atomic E-state index is 5.50. The largest absolute Gasteiger partial charge is 0.381 e. The maximum atomic E-state index is 5.50. The van der Waals surface area contributed by atoms with Crippen molar-refractivity contribution >= 4 is 11.6 Å². The van der Waals surface area contributed by atoms with Crippen molar-refractivity contribution in [3.8, 4) is 0 Å². The Morgan fingerprint density at radius 1 is 1.22 bits per heavy atom. The van der Waals surface area contributed by atoms with Gasteiger partial charge in [-0.05, 0) is 49.8 Å². The van der Waals surface area contributed by atoms with Gasteiger partial charge in [-0.2, -0.15) is 0 Å². The summed E-state index contributed by atoms with van der Waals surface area (Å²) in [4.78, 5) is 9.61. The van der Waals surface area contributed by atoms with Crippen LogP contribution in [0, 0.1) is 11.8 Å². The summed E-state index contributed by atoms with van der Waals surface area (Å²) >= 11 is 0. The van der Waals surface area contributed by atoms with E-state index in [1.807, 2.05) is 0 Å². The Morgan fingerprint density at radius 2 is 1.96 bits per heavy atom. The molecule has 0 bridgehead atoms. The zero-order valence-corrected chi connectivity index (χ0v) is 17.3. The first kappa shape index (κ1) is 20.0. The Labute approximate surface area is 164 Å². The second-order valence-electron chi connectivity index (χ2n) is 8.12. The van der Waals surface area contributed by atoms with Crippen LogP contribution in [0.15, 0.2) is 29.3 Å². The second kappa shape index (κ2) is 9.98. The Hall–Kier alpha value is -1.75. The number of aliphatic imine (C=N–C) groups is 1. The van der Waals surface area contributed by atoms with Gasteiger partial charge in [-0.15, -0.1) is 0 Å². The minimum absolute atomic E-state index is 0.616. The van der Waals surface area contributed by atoms with Crippen LogP contribution in [0.2, 0.25) is 0 Å². The molecule has 2 aliphatic rings. The van der Waals surface area contributed by atoms with Crippen molar-refractivity contribution in [1.82, 2.24) is 10.2 Å². The van der Waals surface area contributed by atoms with Gasteiger partial charge < -0.3 is 19.9 Å². The van der Waals surface area contributed by atoms with Crippen LogP contribution in [0.5, 0.6) is 0 Å². The van der Waals surface area contributed by atoms with E-state index in [0.717, 1.165) is 44.6 Å². The van der Waals surface area contributed by atoms with Crippen LogP contribution in [0.3, 0.4) is 0 Å². The Morgan fingerprint density at radius 3 is 2.59 bits per heavy atom. The number of nitrogens with zero attached hydrogens (tertiary/aromatic N) is 3. The van der Waals surface area contributed by atoms with Gasteiger partial charge in [-0.1, -0.05) is 19.1 Å². The molecule has 0 aliphatic carbocycles. The minimum atomic E-state index is 0.616. The van der Waals surface area contributed by atoms with E-state index in [2.05, 4.69) is 60.3 Å². The summed E-state index contributed by atoms with van der Waals surface area (Å²) in [6, 6.07) is 8.97. The first-order chi connectivity index (χ1) is 13.2. The number of anilines is 1. The molecular weight excluding hydrogens is 336 g/mol. The van der Waals surface area contributed by atoms with Gasteiger partial charge in [0.1, 0.15) is 0 Å². The predicted molar refractivity (Wildman–Crippen MR) is 113 cm³/mol. The molecule has 2 saturated heterocycles. The van der Waals surface area contributed by atoms with E-state index in [-0.39, 0.29) is 0 Å². The minimum Gasteiger partial charge on any atom is -0.381 e. The van der Waals surface area contributed by atoms with Gasteiger partial charge in [0, 0.05) is 51.4 Å². The molecule has 2 fully saturated rings. The molecule has 1 unspecified atom stereocenters. The molecule has 1 aromatic rings. The SMILES string of the molecule is CCNC(=NCc1ccc(N2CCC(C)CC2)cc1)N(C)CC1CCOC1. The molecule has 3 rings (SSSR count). The lowest BCUT2D eigenvalue weighted by Crippen LogP contribution is -2.41. The van der Waals surface area contributed by atoms with Gasteiger partial charge in [0.15, 0.2) is 5.96 Å². The summed E-state index contributed by atoms with van der Waals surface area (Å²) < 4.78 is 5.50. The van der Waals surface area contributed by atoms with Crippen LogP contribution in [0.1, 0.15) is 38.7 Å². The number of nitrogens with one attached hydrogen (secondary N) is 1. The van der Waals surface area contributed by atoms with Crippen LogP contribution in [0.25, 0.3) is 0 Å². The van der Waals surface area contributed by atoms with Crippen molar-refractivity contribution in [1.29, 1.82) is 0 Å². The Kier molecular flexibility index (Phi) is 7.39. The van der Waals surface area contributed by atoms with Gasteiger partial charge in [-0.3, -0.25) is 0 Å². The van der Waals surface area contributed by atoms with Gasteiger partial charge in [0.2, 0.25) is 0 Å². The van der Waals surface area contributed by atoms with E-state index in [9.17, 15) is 0 Å². The highest BCUT2D eigenvalue weighted by Crippen LogP contribution is 2.23. The molecule has 27 heavy (non-hydrogen) atoms. The first-order valence-electron chi connectivity index (χ1n) is 10.6. The topological polar surface area (TPSA) is 40.1 Å². The predicted octanol–water partition coefficient (Wildman–Crippen LogP) is 3.36. The van der Waals surface area contributed by atoms with Gasteiger partial charge in [-0.25, -0.2) is 4.99 Å². The van der Waals surface area contributed by atoms with Gasteiger partial charge in [0.05, 0.1) is 13.2 Å². The van der Waals surface area contributed by atoms with E-state index >= 15 is 0 Å².